The Bertz CT molecular complexity index is 769. The van der Waals surface area contributed by atoms with Crippen LogP contribution in [0.5, 0.6) is 0 Å². The summed E-state index contributed by atoms with van der Waals surface area (Å²) >= 11 is 0. The molecule has 1 N–H and O–H groups in total. The lowest BCUT2D eigenvalue weighted by molar-refractivity contribution is 0.0737. The van der Waals surface area contributed by atoms with E-state index < -0.39 is 0 Å². The molecule has 2 heterocycles. The number of amides is 1. The van der Waals surface area contributed by atoms with E-state index >= 15 is 0 Å². The summed E-state index contributed by atoms with van der Waals surface area (Å²) < 4.78 is 0. The van der Waals surface area contributed by atoms with E-state index in [9.17, 15) is 4.79 Å². The van der Waals surface area contributed by atoms with Gasteiger partial charge in [0.15, 0.2) is 0 Å². The van der Waals surface area contributed by atoms with E-state index in [4.69, 9.17) is 0 Å². The molecule has 25 heavy (non-hydrogen) atoms. The van der Waals surface area contributed by atoms with Gasteiger partial charge in [-0.15, -0.1) is 0 Å². The number of nitrogens with zero attached hydrogens (tertiary/aromatic N) is 2. The van der Waals surface area contributed by atoms with E-state index in [0.29, 0.717) is 12.0 Å². The number of hydrogen-bond acceptors (Lipinski definition) is 3. The third-order valence-electron chi connectivity index (χ3n) is 5.53. The topological polar surface area (TPSA) is 35.6 Å². The molecule has 2 aliphatic rings. The van der Waals surface area contributed by atoms with Crippen LogP contribution in [0.1, 0.15) is 16.8 Å². The number of hydrogen-bond donors (Lipinski definition) is 1. The molecule has 2 saturated heterocycles. The van der Waals surface area contributed by atoms with Crippen molar-refractivity contribution in [3.8, 4) is 11.1 Å². The molecule has 1 amide bonds. The summed E-state index contributed by atoms with van der Waals surface area (Å²) in [5.74, 6) is 0.804. The van der Waals surface area contributed by atoms with Crippen molar-refractivity contribution in [2.24, 2.45) is 5.92 Å². The number of likely N-dealkylation sites (tertiary alicyclic amines) is 1. The molecule has 4 heteroatoms. The summed E-state index contributed by atoms with van der Waals surface area (Å²) in [6.07, 6.45) is 1.12. The predicted octanol–water partition coefficient (Wildman–Crippen LogP) is 2.85. The number of fused-ring (bicyclic) bond motifs is 1. The lowest BCUT2D eigenvalue weighted by Gasteiger charge is -2.23. The van der Waals surface area contributed by atoms with Crippen molar-refractivity contribution in [1.29, 1.82) is 0 Å². The summed E-state index contributed by atoms with van der Waals surface area (Å²) in [5.41, 5.74) is 4.30. The smallest absolute Gasteiger partial charge is 0.254 e. The van der Waals surface area contributed by atoms with Gasteiger partial charge in [0.25, 0.3) is 5.91 Å². The Labute approximate surface area is 149 Å². The van der Waals surface area contributed by atoms with Gasteiger partial charge in [-0.25, -0.2) is 0 Å². The molecule has 4 rings (SSSR count). The number of benzene rings is 2. The number of carbonyl (C=O) groups excluding carboxylic acids is 1. The number of carbonyl (C=O) groups is 1. The van der Waals surface area contributed by atoms with Crippen molar-refractivity contribution >= 4 is 11.6 Å². The van der Waals surface area contributed by atoms with Gasteiger partial charge in [0.05, 0.1) is 0 Å². The van der Waals surface area contributed by atoms with Crippen LogP contribution in [0.25, 0.3) is 11.1 Å². The normalized spacial score (nSPS) is 22.1. The fourth-order valence-corrected chi connectivity index (χ4v) is 4.17. The Morgan fingerprint density at radius 3 is 2.60 bits per heavy atom. The van der Waals surface area contributed by atoms with E-state index in [1.807, 2.05) is 12.1 Å². The Morgan fingerprint density at radius 1 is 1.08 bits per heavy atom. The Balaban J connectivity index is 1.57. The lowest BCUT2D eigenvalue weighted by Crippen LogP contribution is -2.39. The molecule has 2 aliphatic heterocycles. The van der Waals surface area contributed by atoms with Crippen molar-refractivity contribution in [1.82, 2.24) is 10.2 Å². The number of nitrogens with one attached hydrogen (secondary N) is 1. The van der Waals surface area contributed by atoms with Gasteiger partial charge in [-0.05, 0) is 36.1 Å². The number of rotatable bonds is 3. The first-order chi connectivity index (χ1) is 12.1. The molecule has 0 aliphatic carbocycles. The van der Waals surface area contributed by atoms with Gasteiger partial charge >= 0.3 is 0 Å². The van der Waals surface area contributed by atoms with Crippen molar-refractivity contribution in [3.05, 3.63) is 54.1 Å². The molecule has 130 valence electrons. The van der Waals surface area contributed by atoms with Crippen LogP contribution in [-0.2, 0) is 0 Å². The Kier molecular flexibility index (Phi) is 4.22. The molecule has 2 aromatic carbocycles. The highest BCUT2D eigenvalue weighted by Crippen LogP contribution is 2.31. The highest BCUT2D eigenvalue weighted by molar-refractivity contribution is 5.95. The first-order valence-corrected chi connectivity index (χ1v) is 9.03. The van der Waals surface area contributed by atoms with Gasteiger partial charge in [-0.1, -0.05) is 30.3 Å². The molecular formula is C21H25N3O. The number of anilines is 1. The van der Waals surface area contributed by atoms with Crippen molar-refractivity contribution in [3.63, 3.8) is 0 Å². The standard InChI is InChI=1S/C21H25N3O/c1-23(2)19-6-4-3-5-18(19)15-7-9-16(10-8-15)21(25)24-12-11-17-13-22-14-20(17)24/h3-10,17,20,22H,11-14H2,1-2H3/t17-,20+/m0/s1. The SMILES string of the molecule is CN(C)c1ccccc1-c1ccc(C(=O)N2CC[C@H]3CNC[C@H]32)cc1. The van der Waals surface area contributed by atoms with Gasteiger partial charge in [0.2, 0.25) is 0 Å². The second kappa shape index (κ2) is 6.52. The first kappa shape index (κ1) is 16.2. The second-order valence-corrected chi connectivity index (χ2v) is 7.26. The second-order valence-electron chi connectivity index (χ2n) is 7.26. The van der Waals surface area contributed by atoms with Crippen molar-refractivity contribution in [2.75, 3.05) is 38.6 Å². The maximum Gasteiger partial charge on any atom is 0.254 e. The minimum Gasteiger partial charge on any atom is -0.377 e. The van der Waals surface area contributed by atoms with E-state index in [2.05, 4.69) is 65.6 Å². The summed E-state index contributed by atoms with van der Waals surface area (Å²) in [5, 5.41) is 3.41. The molecule has 2 fully saturated rings. The first-order valence-electron chi connectivity index (χ1n) is 9.03. The monoisotopic (exact) mass is 335 g/mol. The van der Waals surface area contributed by atoms with Crippen LogP contribution in [0.2, 0.25) is 0 Å². The van der Waals surface area contributed by atoms with Gasteiger partial charge in [0.1, 0.15) is 0 Å². The average Bonchev–Trinajstić information content (AvgIpc) is 3.25. The molecule has 0 unspecified atom stereocenters. The molecule has 4 nitrogen and oxygen atoms in total. The molecule has 0 bridgehead atoms. The van der Waals surface area contributed by atoms with Crippen LogP contribution in [-0.4, -0.2) is 50.6 Å². The van der Waals surface area contributed by atoms with E-state index in [1.54, 1.807) is 0 Å². The molecule has 0 saturated carbocycles. The van der Waals surface area contributed by atoms with E-state index in [1.165, 1.54) is 11.3 Å². The number of para-hydroxylation sites is 1. The van der Waals surface area contributed by atoms with Crippen LogP contribution in [0.15, 0.2) is 48.5 Å². The Hall–Kier alpha value is -2.33. The third kappa shape index (κ3) is 2.91. The summed E-state index contributed by atoms with van der Waals surface area (Å²) in [6, 6.07) is 16.8. The van der Waals surface area contributed by atoms with Gasteiger partial charge < -0.3 is 15.1 Å². The van der Waals surface area contributed by atoms with Gasteiger partial charge in [-0.3, -0.25) is 4.79 Å². The van der Waals surface area contributed by atoms with E-state index in [-0.39, 0.29) is 5.91 Å². The average molecular weight is 335 g/mol. The maximum absolute atomic E-state index is 12.9. The van der Waals surface area contributed by atoms with Crippen LogP contribution < -0.4 is 10.2 Å². The summed E-state index contributed by atoms with van der Waals surface area (Å²) in [6.45, 7) is 2.88. The van der Waals surface area contributed by atoms with Gasteiger partial charge in [-0.2, -0.15) is 0 Å². The fraction of sp³-hybridized carbons (Fsp3) is 0.381. The molecule has 2 atom stereocenters. The molecular weight excluding hydrogens is 310 g/mol. The largest absolute Gasteiger partial charge is 0.377 e. The maximum atomic E-state index is 12.9. The minimum absolute atomic E-state index is 0.170. The minimum atomic E-state index is 0.170. The predicted molar refractivity (Wildman–Crippen MR) is 102 cm³/mol. The van der Waals surface area contributed by atoms with Crippen LogP contribution in [0.3, 0.4) is 0 Å². The van der Waals surface area contributed by atoms with Crippen molar-refractivity contribution < 1.29 is 4.79 Å². The highest BCUT2D eigenvalue weighted by atomic mass is 16.2. The lowest BCUT2D eigenvalue weighted by atomic mass is 10.0. The molecule has 0 spiro atoms. The molecule has 0 radical (unpaired) electrons. The summed E-state index contributed by atoms with van der Waals surface area (Å²) in [7, 11) is 4.10. The van der Waals surface area contributed by atoms with E-state index in [0.717, 1.165) is 37.2 Å². The van der Waals surface area contributed by atoms with Gasteiger partial charge in [0, 0.05) is 56.6 Å². The zero-order valence-electron chi connectivity index (χ0n) is 14.9. The third-order valence-corrected chi connectivity index (χ3v) is 5.53. The molecule has 0 aromatic heterocycles. The Morgan fingerprint density at radius 2 is 1.84 bits per heavy atom. The summed E-state index contributed by atoms with van der Waals surface area (Å²) in [4.78, 5) is 17.1. The fourth-order valence-electron chi connectivity index (χ4n) is 4.17. The molecule has 2 aromatic rings. The zero-order chi connectivity index (χ0) is 17.4. The van der Waals surface area contributed by atoms with Crippen molar-refractivity contribution in [2.45, 2.75) is 12.5 Å². The van der Waals surface area contributed by atoms with Crippen LogP contribution in [0, 0.1) is 5.92 Å². The van der Waals surface area contributed by atoms with Crippen LogP contribution >= 0.6 is 0 Å². The zero-order valence-corrected chi connectivity index (χ0v) is 14.9. The van der Waals surface area contributed by atoms with Crippen LogP contribution in [0.4, 0.5) is 5.69 Å². The highest BCUT2D eigenvalue weighted by Gasteiger charge is 2.39. The quantitative estimate of drug-likeness (QED) is 0.937.